The van der Waals surface area contributed by atoms with E-state index in [-0.39, 0.29) is 12.7 Å². The van der Waals surface area contributed by atoms with E-state index in [2.05, 4.69) is 15.4 Å². The molecule has 0 atom stereocenters. The number of carbonyl (C=O) groups excluding carboxylic acids is 1. The molecular formula is C17H16N4O3. The van der Waals surface area contributed by atoms with E-state index < -0.39 is 0 Å². The zero-order valence-corrected chi connectivity index (χ0v) is 12.9. The number of nitrogens with zero attached hydrogens (tertiary/aromatic N) is 3. The van der Waals surface area contributed by atoms with Gasteiger partial charge in [0.15, 0.2) is 17.1 Å². The molecule has 4 rings (SSSR count). The molecule has 24 heavy (non-hydrogen) atoms. The molecule has 0 fully saturated rings. The lowest BCUT2D eigenvalue weighted by molar-refractivity contribution is -0.121. The summed E-state index contributed by atoms with van der Waals surface area (Å²) in [6, 6.07) is 7.56. The Hall–Kier alpha value is -3.09. The van der Waals surface area contributed by atoms with Gasteiger partial charge < -0.3 is 14.8 Å². The molecule has 2 aromatic heterocycles. The van der Waals surface area contributed by atoms with E-state index in [1.807, 2.05) is 30.5 Å². The van der Waals surface area contributed by atoms with Gasteiger partial charge in [-0.2, -0.15) is 5.10 Å². The number of aryl methyl sites for hydroxylation is 1. The van der Waals surface area contributed by atoms with Crippen LogP contribution in [0.5, 0.6) is 11.5 Å². The second kappa shape index (κ2) is 6.19. The Balaban J connectivity index is 1.32. The summed E-state index contributed by atoms with van der Waals surface area (Å²) in [5.74, 6) is 1.48. The van der Waals surface area contributed by atoms with E-state index in [9.17, 15) is 4.79 Å². The van der Waals surface area contributed by atoms with Crippen molar-refractivity contribution in [1.29, 1.82) is 0 Å². The van der Waals surface area contributed by atoms with Gasteiger partial charge in [-0.1, -0.05) is 6.07 Å². The van der Waals surface area contributed by atoms with Crippen molar-refractivity contribution >= 4 is 11.6 Å². The van der Waals surface area contributed by atoms with Crippen LogP contribution < -0.4 is 14.8 Å². The number of aromatic nitrogens is 3. The Morgan fingerprint density at radius 1 is 1.29 bits per heavy atom. The average molecular weight is 324 g/mol. The predicted octanol–water partition coefficient (Wildman–Crippen LogP) is 1.71. The minimum absolute atomic E-state index is 0.0112. The molecule has 0 unspecified atom stereocenters. The molecular weight excluding hydrogens is 308 g/mol. The standard InChI is InChI=1S/C17H16N4O3/c22-16(5-3-12-2-4-14-15(8-12)24-11-23-14)19-9-13-10-20-21-7-1-6-18-17(13)21/h1-2,4,6-8,10H,3,5,9,11H2,(H,19,22). The number of fused-ring (bicyclic) bond motifs is 2. The van der Waals surface area contributed by atoms with Crippen molar-refractivity contribution in [2.45, 2.75) is 19.4 Å². The van der Waals surface area contributed by atoms with Crippen LogP contribution in [0.1, 0.15) is 17.5 Å². The molecule has 0 radical (unpaired) electrons. The maximum absolute atomic E-state index is 12.1. The maximum Gasteiger partial charge on any atom is 0.231 e. The highest BCUT2D eigenvalue weighted by molar-refractivity contribution is 5.76. The second-order valence-electron chi connectivity index (χ2n) is 5.52. The molecule has 3 aromatic rings. The zero-order chi connectivity index (χ0) is 16.4. The lowest BCUT2D eigenvalue weighted by Crippen LogP contribution is -2.23. The number of nitrogens with one attached hydrogen (secondary N) is 1. The van der Waals surface area contributed by atoms with Crippen molar-refractivity contribution in [3.05, 3.63) is 54.0 Å². The fraction of sp³-hybridized carbons (Fsp3) is 0.235. The maximum atomic E-state index is 12.1. The highest BCUT2D eigenvalue weighted by atomic mass is 16.7. The summed E-state index contributed by atoms with van der Waals surface area (Å²) in [7, 11) is 0. The monoisotopic (exact) mass is 324 g/mol. The highest BCUT2D eigenvalue weighted by Crippen LogP contribution is 2.32. The Morgan fingerprint density at radius 2 is 2.21 bits per heavy atom. The van der Waals surface area contributed by atoms with Crippen LogP contribution >= 0.6 is 0 Å². The van der Waals surface area contributed by atoms with Gasteiger partial charge in [0.25, 0.3) is 0 Å². The first-order valence-corrected chi connectivity index (χ1v) is 7.72. The quantitative estimate of drug-likeness (QED) is 0.773. The smallest absolute Gasteiger partial charge is 0.231 e. The van der Waals surface area contributed by atoms with E-state index in [0.717, 1.165) is 28.3 Å². The molecule has 0 spiro atoms. The Labute approximate surface area is 138 Å². The van der Waals surface area contributed by atoms with Crippen molar-refractivity contribution < 1.29 is 14.3 Å². The van der Waals surface area contributed by atoms with E-state index in [0.29, 0.717) is 19.4 Å². The summed E-state index contributed by atoms with van der Waals surface area (Å²) < 4.78 is 12.3. The third-order valence-corrected chi connectivity index (χ3v) is 3.91. The predicted molar refractivity (Wildman–Crippen MR) is 85.7 cm³/mol. The molecule has 7 heteroatoms. The summed E-state index contributed by atoms with van der Waals surface area (Å²) in [4.78, 5) is 16.3. The van der Waals surface area contributed by atoms with Crippen LogP contribution in [-0.4, -0.2) is 27.3 Å². The van der Waals surface area contributed by atoms with Gasteiger partial charge in [-0.25, -0.2) is 9.50 Å². The van der Waals surface area contributed by atoms with E-state index in [1.54, 1.807) is 16.9 Å². The first kappa shape index (κ1) is 14.5. The molecule has 0 saturated heterocycles. The molecule has 0 aliphatic carbocycles. The van der Waals surface area contributed by atoms with E-state index in [1.165, 1.54) is 0 Å². The van der Waals surface area contributed by atoms with Gasteiger partial charge in [0.1, 0.15) is 0 Å². The first-order chi connectivity index (χ1) is 11.8. The van der Waals surface area contributed by atoms with Crippen molar-refractivity contribution in [3.8, 4) is 11.5 Å². The summed E-state index contributed by atoms with van der Waals surface area (Å²) in [5.41, 5.74) is 2.70. The SMILES string of the molecule is O=C(CCc1ccc2c(c1)OCO2)NCc1cnn2cccnc12. The molecule has 0 bridgehead atoms. The van der Waals surface area contributed by atoms with Crippen molar-refractivity contribution in [2.24, 2.45) is 0 Å². The number of ether oxygens (including phenoxy) is 2. The highest BCUT2D eigenvalue weighted by Gasteiger charge is 2.13. The summed E-state index contributed by atoms with van der Waals surface area (Å²) in [5, 5.41) is 7.11. The van der Waals surface area contributed by atoms with E-state index in [4.69, 9.17) is 9.47 Å². The molecule has 1 N–H and O–H groups in total. The minimum atomic E-state index is -0.0112. The molecule has 1 aliphatic rings. The normalized spacial score (nSPS) is 12.5. The van der Waals surface area contributed by atoms with Gasteiger partial charge in [0.05, 0.1) is 6.20 Å². The molecule has 7 nitrogen and oxygen atoms in total. The summed E-state index contributed by atoms with van der Waals surface area (Å²) >= 11 is 0. The molecule has 3 heterocycles. The van der Waals surface area contributed by atoms with Crippen LogP contribution in [0.15, 0.2) is 42.9 Å². The largest absolute Gasteiger partial charge is 0.454 e. The number of amides is 1. The molecule has 1 aromatic carbocycles. The Morgan fingerprint density at radius 3 is 3.17 bits per heavy atom. The van der Waals surface area contributed by atoms with Gasteiger partial charge in [-0.3, -0.25) is 4.79 Å². The number of hydrogen-bond acceptors (Lipinski definition) is 5. The average Bonchev–Trinajstić information content (AvgIpc) is 3.24. The summed E-state index contributed by atoms with van der Waals surface area (Å²) in [6.07, 6.45) is 6.32. The van der Waals surface area contributed by atoms with Gasteiger partial charge in [-0.05, 0) is 30.2 Å². The molecule has 1 aliphatic heterocycles. The topological polar surface area (TPSA) is 77.8 Å². The number of rotatable bonds is 5. The number of carbonyl (C=O) groups is 1. The van der Waals surface area contributed by atoms with Crippen LogP contribution in [0.2, 0.25) is 0 Å². The number of benzene rings is 1. The van der Waals surface area contributed by atoms with Gasteiger partial charge in [0.2, 0.25) is 12.7 Å². The third kappa shape index (κ3) is 2.88. The lowest BCUT2D eigenvalue weighted by atomic mass is 10.1. The second-order valence-corrected chi connectivity index (χ2v) is 5.52. The molecule has 1 amide bonds. The van der Waals surface area contributed by atoms with Gasteiger partial charge in [-0.15, -0.1) is 0 Å². The fourth-order valence-electron chi connectivity index (χ4n) is 2.64. The zero-order valence-electron chi connectivity index (χ0n) is 12.9. The molecule has 122 valence electrons. The van der Waals surface area contributed by atoms with Crippen molar-refractivity contribution in [3.63, 3.8) is 0 Å². The Kier molecular flexibility index (Phi) is 3.74. The summed E-state index contributed by atoms with van der Waals surface area (Å²) in [6.45, 7) is 0.674. The lowest BCUT2D eigenvalue weighted by Gasteiger charge is -2.05. The third-order valence-electron chi connectivity index (χ3n) is 3.91. The molecule has 0 saturated carbocycles. The van der Waals surface area contributed by atoms with Crippen LogP contribution in [0, 0.1) is 0 Å². The van der Waals surface area contributed by atoms with Crippen LogP contribution in [0.25, 0.3) is 5.65 Å². The number of hydrogen-bond donors (Lipinski definition) is 1. The minimum Gasteiger partial charge on any atom is -0.454 e. The van der Waals surface area contributed by atoms with Gasteiger partial charge >= 0.3 is 0 Å². The van der Waals surface area contributed by atoms with Gasteiger partial charge in [0, 0.05) is 30.9 Å². The van der Waals surface area contributed by atoms with Crippen molar-refractivity contribution in [2.75, 3.05) is 6.79 Å². The van der Waals surface area contributed by atoms with Crippen LogP contribution in [0.4, 0.5) is 0 Å². The fourth-order valence-corrected chi connectivity index (χ4v) is 2.64. The van der Waals surface area contributed by atoms with E-state index >= 15 is 0 Å². The Bertz CT molecular complexity index is 890. The van der Waals surface area contributed by atoms with Crippen LogP contribution in [-0.2, 0) is 17.8 Å². The van der Waals surface area contributed by atoms with Crippen molar-refractivity contribution in [1.82, 2.24) is 19.9 Å². The first-order valence-electron chi connectivity index (χ1n) is 7.72. The van der Waals surface area contributed by atoms with Crippen LogP contribution in [0.3, 0.4) is 0 Å².